The van der Waals surface area contributed by atoms with Gasteiger partial charge in [0, 0.05) is 20.1 Å². The van der Waals surface area contributed by atoms with E-state index in [1.54, 1.807) is 18.9 Å². The number of carbonyl (C=O) groups is 2. The monoisotopic (exact) mass is 198 g/mol. The smallest absolute Gasteiger partial charge is 0.415 e. The van der Waals surface area contributed by atoms with Crippen molar-refractivity contribution in [2.45, 2.75) is 6.92 Å². The summed E-state index contributed by atoms with van der Waals surface area (Å²) in [7, 11) is 1.71. The lowest BCUT2D eigenvalue weighted by Gasteiger charge is -2.31. The average Bonchev–Trinajstić information content (AvgIpc) is 2.08. The average molecular weight is 198 g/mol. The van der Waals surface area contributed by atoms with Crippen LogP contribution in [0.2, 0.25) is 0 Å². The fourth-order valence-corrected chi connectivity index (χ4v) is 1.13. The van der Waals surface area contributed by atoms with Gasteiger partial charge in [0.25, 0.3) is 0 Å². The molecular formula is C9H14N2O3. The van der Waals surface area contributed by atoms with Crippen molar-refractivity contribution in [1.29, 1.82) is 0 Å². The quantitative estimate of drug-likeness (QED) is 0.574. The molecule has 1 rings (SSSR count). The SMILES string of the molecule is C=C(C)OC(=O)N1CCN(C)C(=O)C1. The van der Waals surface area contributed by atoms with E-state index in [0.717, 1.165) is 0 Å². The van der Waals surface area contributed by atoms with E-state index < -0.39 is 6.09 Å². The van der Waals surface area contributed by atoms with Gasteiger partial charge in [-0.25, -0.2) is 4.79 Å². The molecule has 5 nitrogen and oxygen atoms in total. The fourth-order valence-electron chi connectivity index (χ4n) is 1.13. The van der Waals surface area contributed by atoms with Crippen molar-refractivity contribution in [2.75, 3.05) is 26.7 Å². The Balaban J connectivity index is 2.50. The molecular weight excluding hydrogens is 184 g/mol. The van der Waals surface area contributed by atoms with Crippen molar-refractivity contribution in [3.05, 3.63) is 12.3 Å². The van der Waals surface area contributed by atoms with Crippen LogP contribution in [0.5, 0.6) is 0 Å². The van der Waals surface area contributed by atoms with E-state index in [1.165, 1.54) is 4.90 Å². The van der Waals surface area contributed by atoms with Crippen molar-refractivity contribution < 1.29 is 14.3 Å². The van der Waals surface area contributed by atoms with Gasteiger partial charge in [-0.2, -0.15) is 0 Å². The van der Waals surface area contributed by atoms with Crippen LogP contribution in [-0.4, -0.2) is 48.5 Å². The molecule has 0 N–H and O–H groups in total. The molecule has 14 heavy (non-hydrogen) atoms. The number of hydrogen-bond donors (Lipinski definition) is 0. The number of nitrogens with zero attached hydrogens (tertiary/aromatic N) is 2. The molecule has 0 radical (unpaired) electrons. The number of ether oxygens (including phenoxy) is 1. The number of hydrogen-bond acceptors (Lipinski definition) is 3. The predicted molar refractivity (Wildman–Crippen MR) is 50.5 cm³/mol. The number of piperazine rings is 1. The molecule has 2 amide bonds. The van der Waals surface area contributed by atoms with Crippen molar-refractivity contribution in [1.82, 2.24) is 9.80 Å². The van der Waals surface area contributed by atoms with Crippen LogP contribution in [0.4, 0.5) is 4.79 Å². The topological polar surface area (TPSA) is 49.9 Å². The van der Waals surface area contributed by atoms with Crippen molar-refractivity contribution in [3.63, 3.8) is 0 Å². The Hall–Kier alpha value is -1.52. The van der Waals surface area contributed by atoms with Crippen LogP contribution in [0.1, 0.15) is 6.92 Å². The first-order chi connectivity index (χ1) is 6.50. The predicted octanol–water partition coefficient (Wildman–Crippen LogP) is 0.431. The van der Waals surface area contributed by atoms with E-state index >= 15 is 0 Å². The fraction of sp³-hybridized carbons (Fsp3) is 0.556. The van der Waals surface area contributed by atoms with Gasteiger partial charge < -0.3 is 9.64 Å². The standard InChI is InChI=1S/C9H14N2O3/c1-7(2)14-9(13)11-5-4-10(3)8(12)6-11/h1,4-6H2,2-3H3. The second-order valence-corrected chi connectivity index (χ2v) is 3.31. The van der Waals surface area contributed by atoms with Gasteiger partial charge in [-0.3, -0.25) is 9.69 Å². The van der Waals surface area contributed by atoms with Gasteiger partial charge in [-0.15, -0.1) is 0 Å². The minimum Gasteiger partial charge on any atom is -0.416 e. The summed E-state index contributed by atoms with van der Waals surface area (Å²) in [5.41, 5.74) is 0. The molecule has 0 aromatic carbocycles. The van der Waals surface area contributed by atoms with Gasteiger partial charge in [-0.1, -0.05) is 6.58 Å². The molecule has 0 unspecified atom stereocenters. The maximum absolute atomic E-state index is 11.3. The Bertz CT molecular complexity index is 275. The number of allylic oxidation sites excluding steroid dienone is 1. The Morgan fingerprint density at radius 1 is 1.50 bits per heavy atom. The highest BCUT2D eigenvalue weighted by Gasteiger charge is 2.25. The summed E-state index contributed by atoms with van der Waals surface area (Å²) >= 11 is 0. The summed E-state index contributed by atoms with van der Waals surface area (Å²) in [4.78, 5) is 25.5. The molecule has 0 aromatic heterocycles. The molecule has 1 aliphatic rings. The second-order valence-electron chi connectivity index (χ2n) is 3.31. The van der Waals surface area contributed by atoms with Gasteiger partial charge in [0.15, 0.2) is 0 Å². The van der Waals surface area contributed by atoms with Crippen LogP contribution in [0.3, 0.4) is 0 Å². The van der Waals surface area contributed by atoms with Gasteiger partial charge in [0.1, 0.15) is 6.54 Å². The summed E-state index contributed by atoms with van der Waals surface area (Å²) in [6.45, 7) is 6.19. The first-order valence-corrected chi connectivity index (χ1v) is 4.37. The number of amides is 2. The van der Waals surface area contributed by atoms with Gasteiger partial charge >= 0.3 is 6.09 Å². The van der Waals surface area contributed by atoms with E-state index in [9.17, 15) is 9.59 Å². The summed E-state index contributed by atoms with van der Waals surface area (Å²) in [5, 5.41) is 0. The Labute approximate surface area is 82.9 Å². The highest BCUT2D eigenvalue weighted by atomic mass is 16.6. The maximum Gasteiger partial charge on any atom is 0.415 e. The summed E-state index contributed by atoms with van der Waals surface area (Å²) < 4.78 is 4.80. The minimum absolute atomic E-state index is 0.0742. The lowest BCUT2D eigenvalue weighted by atomic mass is 10.3. The van der Waals surface area contributed by atoms with Crippen LogP contribution in [0.15, 0.2) is 12.3 Å². The molecule has 1 aliphatic heterocycles. The molecule has 0 bridgehead atoms. The maximum atomic E-state index is 11.3. The van der Waals surface area contributed by atoms with Crippen LogP contribution < -0.4 is 0 Å². The van der Waals surface area contributed by atoms with Crippen molar-refractivity contribution >= 4 is 12.0 Å². The van der Waals surface area contributed by atoms with Crippen LogP contribution >= 0.6 is 0 Å². The van der Waals surface area contributed by atoms with Crippen molar-refractivity contribution in [2.24, 2.45) is 0 Å². The number of likely N-dealkylation sites (N-methyl/N-ethyl adjacent to an activating group) is 1. The molecule has 0 aliphatic carbocycles. The molecule has 0 saturated carbocycles. The lowest BCUT2D eigenvalue weighted by molar-refractivity contribution is -0.133. The Morgan fingerprint density at radius 2 is 2.14 bits per heavy atom. The van der Waals surface area contributed by atoms with Crippen LogP contribution in [0, 0.1) is 0 Å². The third kappa shape index (κ3) is 2.48. The zero-order valence-electron chi connectivity index (χ0n) is 8.45. The molecule has 5 heteroatoms. The van der Waals surface area contributed by atoms with E-state index in [4.69, 9.17) is 4.74 Å². The molecule has 1 heterocycles. The zero-order valence-corrected chi connectivity index (χ0v) is 8.45. The second kappa shape index (κ2) is 4.13. The highest BCUT2D eigenvalue weighted by Crippen LogP contribution is 2.05. The third-order valence-electron chi connectivity index (χ3n) is 1.98. The Kier molecular flexibility index (Phi) is 3.11. The van der Waals surface area contributed by atoms with Gasteiger partial charge in [0.05, 0.1) is 5.76 Å². The summed E-state index contributed by atoms with van der Waals surface area (Å²) in [6, 6.07) is 0. The minimum atomic E-state index is -0.501. The molecule has 78 valence electrons. The van der Waals surface area contributed by atoms with E-state index in [-0.39, 0.29) is 12.5 Å². The van der Waals surface area contributed by atoms with Gasteiger partial charge in [-0.05, 0) is 6.92 Å². The Morgan fingerprint density at radius 3 is 2.64 bits per heavy atom. The first kappa shape index (κ1) is 10.6. The first-order valence-electron chi connectivity index (χ1n) is 4.37. The van der Waals surface area contributed by atoms with Gasteiger partial charge in [0.2, 0.25) is 5.91 Å². The molecule has 1 fully saturated rings. The van der Waals surface area contributed by atoms with Crippen molar-refractivity contribution in [3.8, 4) is 0 Å². The summed E-state index contributed by atoms with van der Waals surface area (Å²) in [5.74, 6) is 0.260. The molecule has 0 aromatic rings. The third-order valence-corrected chi connectivity index (χ3v) is 1.98. The van der Waals surface area contributed by atoms with Crippen LogP contribution in [0.25, 0.3) is 0 Å². The largest absolute Gasteiger partial charge is 0.416 e. The lowest BCUT2D eigenvalue weighted by Crippen LogP contribution is -2.50. The normalized spacial score (nSPS) is 16.9. The molecule has 1 saturated heterocycles. The zero-order chi connectivity index (χ0) is 10.7. The molecule has 0 atom stereocenters. The molecule has 0 spiro atoms. The van der Waals surface area contributed by atoms with E-state index in [0.29, 0.717) is 18.8 Å². The summed E-state index contributed by atoms with van der Waals surface area (Å²) in [6.07, 6.45) is -0.501. The number of carbonyl (C=O) groups excluding carboxylic acids is 2. The number of rotatable bonds is 1. The van der Waals surface area contributed by atoms with E-state index in [1.807, 2.05) is 0 Å². The van der Waals surface area contributed by atoms with E-state index in [2.05, 4.69) is 6.58 Å². The van der Waals surface area contributed by atoms with Crippen LogP contribution in [-0.2, 0) is 9.53 Å². The highest BCUT2D eigenvalue weighted by molar-refractivity contribution is 5.83.